The van der Waals surface area contributed by atoms with Gasteiger partial charge in [0.15, 0.2) is 0 Å². The van der Waals surface area contributed by atoms with E-state index in [4.69, 9.17) is 4.74 Å². The van der Waals surface area contributed by atoms with E-state index in [9.17, 15) is 19.2 Å². The second-order valence-corrected chi connectivity index (χ2v) is 5.78. The maximum absolute atomic E-state index is 11.8. The summed E-state index contributed by atoms with van der Waals surface area (Å²) >= 11 is 0. The van der Waals surface area contributed by atoms with E-state index in [0.717, 1.165) is 0 Å². The molecule has 0 aromatic rings. The van der Waals surface area contributed by atoms with Crippen LogP contribution in [0.15, 0.2) is 0 Å². The van der Waals surface area contributed by atoms with Gasteiger partial charge in [0.2, 0.25) is 0 Å². The maximum Gasteiger partial charge on any atom is 0.320 e. The fraction of sp³-hybridized carbons (Fsp3) is 0.714. The summed E-state index contributed by atoms with van der Waals surface area (Å²) in [5.74, 6) is -4.87. The van der Waals surface area contributed by atoms with Crippen molar-refractivity contribution < 1.29 is 33.4 Å². The fourth-order valence-corrected chi connectivity index (χ4v) is 3.49. The van der Waals surface area contributed by atoms with Gasteiger partial charge in [-0.1, -0.05) is 13.8 Å². The molecular formula is C14H16O7. The van der Waals surface area contributed by atoms with Crippen LogP contribution in [0.25, 0.3) is 0 Å². The summed E-state index contributed by atoms with van der Waals surface area (Å²) in [6.07, 6.45) is -0.375. The van der Waals surface area contributed by atoms with Crippen LogP contribution in [-0.2, 0) is 33.4 Å². The Labute approximate surface area is 120 Å². The highest BCUT2D eigenvalue weighted by Gasteiger charge is 2.57. The number of carbonyl (C=O) groups excluding carboxylic acids is 4. The lowest BCUT2D eigenvalue weighted by Crippen LogP contribution is -2.47. The van der Waals surface area contributed by atoms with Crippen molar-refractivity contribution in [3.63, 3.8) is 0 Å². The molecule has 0 aromatic carbocycles. The first-order valence-corrected chi connectivity index (χ1v) is 7.10. The number of hydrogen-bond acceptors (Lipinski definition) is 7. The lowest BCUT2D eigenvalue weighted by molar-refractivity contribution is -0.163. The molecule has 3 rings (SSSR count). The van der Waals surface area contributed by atoms with Crippen molar-refractivity contribution in [3.8, 4) is 0 Å². The molecule has 7 nitrogen and oxygen atoms in total. The largest absolute Gasteiger partial charge is 0.393 e. The van der Waals surface area contributed by atoms with Crippen LogP contribution in [0.3, 0.4) is 0 Å². The Kier molecular flexibility index (Phi) is 3.32. The molecule has 0 aromatic heterocycles. The monoisotopic (exact) mass is 296 g/mol. The summed E-state index contributed by atoms with van der Waals surface area (Å²) in [6.45, 7) is 3.44. The van der Waals surface area contributed by atoms with Crippen molar-refractivity contribution in [3.05, 3.63) is 0 Å². The minimum Gasteiger partial charge on any atom is -0.393 e. The number of cyclic esters (lactones) is 4. The quantitative estimate of drug-likeness (QED) is 0.530. The molecule has 0 amide bonds. The van der Waals surface area contributed by atoms with Gasteiger partial charge in [-0.2, -0.15) is 0 Å². The normalized spacial score (nSPS) is 42.8. The Morgan fingerprint density at radius 2 is 1.57 bits per heavy atom. The molecule has 0 aliphatic carbocycles. The Morgan fingerprint density at radius 1 is 0.952 bits per heavy atom. The molecule has 114 valence electrons. The summed E-state index contributed by atoms with van der Waals surface area (Å²) < 4.78 is 15.1. The SMILES string of the molecule is CCC1OC(C2C(=O)OC(=O)C2C)CC2C(=O)OC(=O)C12. The van der Waals surface area contributed by atoms with Gasteiger partial charge in [-0.15, -0.1) is 0 Å². The van der Waals surface area contributed by atoms with Gasteiger partial charge in [-0.25, -0.2) is 0 Å². The van der Waals surface area contributed by atoms with Gasteiger partial charge in [0, 0.05) is 0 Å². The van der Waals surface area contributed by atoms with E-state index in [1.165, 1.54) is 0 Å². The summed E-state index contributed by atoms with van der Waals surface area (Å²) in [5, 5.41) is 0. The number of ether oxygens (including phenoxy) is 3. The van der Waals surface area contributed by atoms with Gasteiger partial charge in [-0.3, -0.25) is 19.2 Å². The van der Waals surface area contributed by atoms with Gasteiger partial charge >= 0.3 is 23.9 Å². The van der Waals surface area contributed by atoms with Gasteiger partial charge < -0.3 is 14.2 Å². The molecule has 0 spiro atoms. The number of carbonyl (C=O) groups is 4. The highest BCUT2D eigenvalue weighted by atomic mass is 16.6. The van der Waals surface area contributed by atoms with Crippen LogP contribution in [0.4, 0.5) is 0 Å². The molecule has 3 fully saturated rings. The zero-order valence-corrected chi connectivity index (χ0v) is 11.7. The average molecular weight is 296 g/mol. The number of esters is 4. The molecular weight excluding hydrogens is 280 g/mol. The molecule has 6 atom stereocenters. The van der Waals surface area contributed by atoms with Crippen molar-refractivity contribution in [1.82, 2.24) is 0 Å². The van der Waals surface area contributed by atoms with Crippen molar-refractivity contribution in [2.24, 2.45) is 23.7 Å². The lowest BCUT2D eigenvalue weighted by atomic mass is 9.77. The lowest BCUT2D eigenvalue weighted by Gasteiger charge is -2.37. The van der Waals surface area contributed by atoms with Crippen LogP contribution in [0.1, 0.15) is 26.7 Å². The van der Waals surface area contributed by atoms with Crippen molar-refractivity contribution in [1.29, 1.82) is 0 Å². The predicted molar refractivity (Wildman–Crippen MR) is 65.4 cm³/mol. The molecule has 0 N–H and O–H groups in total. The Hall–Kier alpha value is -1.76. The van der Waals surface area contributed by atoms with Crippen LogP contribution in [-0.4, -0.2) is 36.1 Å². The predicted octanol–water partition coefficient (Wildman–Crippen LogP) is 0.205. The summed E-state index contributed by atoms with van der Waals surface area (Å²) in [6, 6.07) is 0. The second kappa shape index (κ2) is 4.91. The van der Waals surface area contributed by atoms with Crippen molar-refractivity contribution >= 4 is 23.9 Å². The van der Waals surface area contributed by atoms with E-state index in [0.29, 0.717) is 6.42 Å². The molecule has 7 heteroatoms. The third-order valence-electron chi connectivity index (χ3n) is 4.63. The Morgan fingerprint density at radius 3 is 2.14 bits per heavy atom. The Bertz CT molecular complexity index is 525. The third-order valence-corrected chi connectivity index (χ3v) is 4.63. The van der Waals surface area contributed by atoms with E-state index in [2.05, 4.69) is 9.47 Å². The topological polar surface area (TPSA) is 96.0 Å². The van der Waals surface area contributed by atoms with Crippen LogP contribution >= 0.6 is 0 Å². The third kappa shape index (κ3) is 2.07. The van der Waals surface area contributed by atoms with Crippen molar-refractivity contribution in [2.75, 3.05) is 0 Å². The zero-order chi connectivity index (χ0) is 15.3. The molecule has 21 heavy (non-hydrogen) atoms. The van der Waals surface area contributed by atoms with Crippen molar-refractivity contribution in [2.45, 2.75) is 38.9 Å². The summed E-state index contributed by atoms with van der Waals surface area (Å²) in [5.41, 5.74) is 0. The van der Waals surface area contributed by atoms with Gasteiger partial charge in [-0.05, 0) is 12.8 Å². The van der Waals surface area contributed by atoms with E-state index >= 15 is 0 Å². The van der Waals surface area contributed by atoms with Crippen LogP contribution in [0.2, 0.25) is 0 Å². The maximum atomic E-state index is 11.8. The first kappa shape index (κ1) is 14.2. The first-order chi connectivity index (χ1) is 9.93. The number of hydrogen-bond donors (Lipinski definition) is 0. The highest BCUT2D eigenvalue weighted by molar-refractivity contribution is 5.98. The van der Waals surface area contributed by atoms with Gasteiger partial charge in [0.1, 0.15) is 0 Å². The second-order valence-electron chi connectivity index (χ2n) is 5.78. The number of fused-ring (bicyclic) bond motifs is 1. The van der Waals surface area contributed by atoms with E-state index < -0.39 is 59.8 Å². The van der Waals surface area contributed by atoms with Crippen LogP contribution in [0, 0.1) is 23.7 Å². The summed E-state index contributed by atoms with van der Waals surface area (Å²) in [7, 11) is 0. The standard InChI is InChI=1S/C14H16O7/c1-3-7-10-6(12(16)21-14(10)18)4-8(19-7)9-5(2)11(15)20-13(9)17/h5-10H,3-4H2,1-2H3. The fourth-order valence-electron chi connectivity index (χ4n) is 3.49. The molecule has 0 saturated carbocycles. The zero-order valence-electron chi connectivity index (χ0n) is 11.7. The molecule has 6 unspecified atom stereocenters. The van der Waals surface area contributed by atoms with Gasteiger partial charge in [0.05, 0.1) is 35.9 Å². The molecule has 0 radical (unpaired) electrons. The van der Waals surface area contributed by atoms with E-state index in [-0.39, 0.29) is 6.42 Å². The molecule has 3 aliphatic heterocycles. The van der Waals surface area contributed by atoms with E-state index in [1.807, 2.05) is 6.92 Å². The number of rotatable bonds is 2. The van der Waals surface area contributed by atoms with Gasteiger partial charge in [0.25, 0.3) is 0 Å². The molecule has 3 saturated heterocycles. The summed E-state index contributed by atoms with van der Waals surface area (Å²) in [4.78, 5) is 46.8. The van der Waals surface area contributed by atoms with E-state index in [1.54, 1.807) is 6.92 Å². The first-order valence-electron chi connectivity index (χ1n) is 7.10. The molecule has 0 bridgehead atoms. The molecule has 3 aliphatic rings. The molecule has 3 heterocycles. The van der Waals surface area contributed by atoms with Crippen LogP contribution in [0.5, 0.6) is 0 Å². The average Bonchev–Trinajstić information content (AvgIpc) is 2.86. The smallest absolute Gasteiger partial charge is 0.320 e. The van der Waals surface area contributed by atoms with Crippen LogP contribution < -0.4 is 0 Å². The minimum atomic E-state index is -0.726. The highest BCUT2D eigenvalue weighted by Crippen LogP contribution is 2.43. The minimum absolute atomic E-state index is 0.198. The Balaban J connectivity index is 1.86.